The van der Waals surface area contributed by atoms with Crippen molar-refractivity contribution in [3.8, 4) is 0 Å². The summed E-state index contributed by atoms with van der Waals surface area (Å²) in [4.78, 5) is 13.9. The number of nitrogens with two attached hydrogens (primary N) is 1. The predicted molar refractivity (Wildman–Crippen MR) is 92.3 cm³/mol. The number of halogens is 4. The zero-order chi connectivity index (χ0) is 15.6. The van der Waals surface area contributed by atoms with Crippen LogP contribution in [0.25, 0.3) is 0 Å². The van der Waals surface area contributed by atoms with Gasteiger partial charge in [-0.1, -0.05) is 0 Å². The Kier molecular flexibility index (Phi) is 8.24. The molecule has 2 rings (SSSR count). The van der Waals surface area contributed by atoms with E-state index in [-0.39, 0.29) is 36.8 Å². The molecule has 1 aromatic rings. The van der Waals surface area contributed by atoms with Crippen LogP contribution in [0.3, 0.4) is 0 Å². The first kappa shape index (κ1) is 21.9. The van der Waals surface area contributed by atoms with Crippen molar-refractivity contribution in [2.75, 3.05) is 18.4 Å². The maximum absolute atomic E-state index is 13.2. The summed E-state index contributed by atoms with van der Waals surface area (Å²) in [5.74, 6) is -1.85. The van der Waals surface area contributed by atoms with E-state index in [1.807, 2.05) is 0 Å². The van der Waals surface area contributed by atoms with Crippen LogP contribution in [0.1, 0.15) is 26.7 Å². The van der Waals surface area contributed by atoms with Gasteiger partial charge in [-0.3, -0.25) is 4.79 Å². The number of amides is 1. The molecule has 4 nitrogen and oxygen atoms in total. The highest BCUT2D eigenvalue weighted by atomic mass is 35.5. The van der Waals surface area contributed by atoms with Gasteiger partial charge in [0.05, 0.1) is 5.54 Å². The van der Waals surface area contributed by atoms with Crippen molar-refractivity contribution in [1.82, 2.24) is 4.90 Å². The van der Waals surface area contributed by atoms with Gasteiger partial charge < -0.3 is 16.0 Å². The third kappa shape index (κ3) is 5.79. The molecule has 0 spiro atoms. The molecule has 0 bridgehead atoms. The van der Waals surface area contributed by atoms with E-state index in [1.165, 1.54) is 6.07 Å². The topological polar surface area (TPSA) is 58.4 Å². The van der Waals surface area contributed by atoms with Gasteiger partial charge in [-0.2, -0.15) is 0 Å². The Morgan fingerprint density at radius 3 is 2.52 bits per heavy atom. The molecule has 1 aliphatic heterocycles. The summed E-state index contributed by atoms with van der Waals surface area (Å²) in [6.45, 7) is 4.55. The van der Waals surface area contributed by atoms with Crippen LogP contribution in [0.15, 0.2) is 18.2 Å². The predicted octanol–water partition coefficient (Wildman–Crippen LogP) is 2.95. The van der Waals surface area contributed by atoms with Crippen molar-refractivity contribution in [2.45, 2.75) is 38.3 Å². The fraction of sp³-hybridized carbons (Fsp3) is 0.533. The van der Waals surface area contributed by atoms with E-state index < -0.39 is 17.2 Å². The van der Waals surface area contributed by atoms with E-state index >= 15 is 0 Å². The third-order valence-electron chi connectivity index (χ3n) is 3.55. The van der Waals surface area contributed by atoms with Crippen LogP contribution >= 0.6 is 24.8 Å². The van der Waals surface area contributed by atoms with Gasteiger partial charge in [0, 0.05) is 30.9 Å². The summed E-state index contributed by atoms with van der Waals surface area (Å²) in [5.41, 5.74) is 5.46. The van der Waals surface area contributed by atoms with E-state index in [0.717, 1.165) is 25.0 Å². The number of carbonyl (C=O) groups excluding carboxylic acids is 1. The summed E-state index contributed by atoms with van der Waals surface area (Å²) >= 11 is 0. The molecule has 1 aromatic carbocycles. The second-order valence-electron chi connectivity index (χ2n) is 6.09. The minimum absolute atomic E-state index is 0. The SMILES string of the molecule is CC(C)(N)C(=O)N1CCCC(Nc2ccc(F)c(F)c2)C1.Cl.Cl. The van der Waals surface area contributed by atoms with Crippen LogP contribution < -0.4 is 11.1 Å². The van der Waals surface area contributed by atoms with Crippen molar-refractivity contribution < 1.29 is 13.6 Å². The Balaban J connectivity index is 0.00000242. The first-order valence-electron chi connectivity index (χ1n) is 7.07. The lowest BCUT2D eigenvalue weighted by Gasteiger charge is -2.37. The molecule has 0 saturated carbocycles. The Labute approximate surface area is 147 Å². The van der Waals surface area contributed by atoms with E-state index in [1.54, 1.807) is 18.7 Å². The Morgan fingerprint density at radius 1 is 1.30 bits per heavy atom. The lowest BCUT2D eigenvalue weighted by molar-refractivity contribution is -0.136. The molecule has 132 valence electrons. The molecule has 1 fully saturated rings. The van der Waals surface area contributed by atoms with Crippen molar-refractivity contribution in [3.05, 3.63) is 29.8 Å². The van der Waals surface area contributed by atoms with Gasteiger partial charge in [0.25, 0.3) is 0 Å². The minimum atomic E-state index is -0.899. The molecule has 1 saturated heterocycles. The third-order valence-corrected chi connectivity index (χ3v) is 3.55. The number of likely N-dealkylation sites (tertiary alicyclic amines) is 1. The second-order valence-corrected chi connectivity index (χ2v) is 6.09. The first-order valence-corrected chi connectivity index (χ1v) is 7.07. The molecule has 1 atom stereocenters. The maximum atomic E-state index is 13.2. The van der Waals surface area contributed by atoms with Gasteiger partial charge in [0.1, 0.15) is 0 Å². The number of hydrogen-bond acceptors (Lipinski definition) is 3. The van der Waals surface area contributed by atoms with Crippen molar-refractivity contribution in [1.29, 1.82) is 0 Å². The Bertz CT molecular complexity index is 538. The zero-order valence-electron chi connectivity index (χ0n) is 13.1. The molecule has 23 heavy (non-hydrogen) atoms. The van der Waals surface area contributed by atoms with Crippen LogP contribution in [0, 0.1) is 11.6 Å². The normalized spacial score (nSPS) is 17.8. The maximum Gasteiger partial charge on any atom is 0.242 e. The highest BCUT2D eigenvalue weighted by molar-refractivity contribution is 5.86. The van der Waals surface area contributed by atoms with Gasteiger partial charge in [-0.15, -0.1) is 24.8 Å². The summed E-state index contributed by atoms with van der Waals surface area (Å²) in [5, 5.41) is 3.14. The number of carbonyl (C=O) groups is 1. The summed E-state index contributed by atoms with van der Waals surface area (Å²) < 4.78 is 26.1. The van der Waals surface area contributed by atoms with Crippen LogP contribution in [-0.4, -0.2) is 35.5 Å². The average molecular weight is 370 g/mol. The minimum Gasteiger partial charge on any atom is -0.380 e. The lowest BCUT2D eigenvalue weighted by atomic mass is 10.00. The fourth-order valence-electron chi connectivity index (χ4n) is 2.51. The van der Waals surface area contributed by atoms with Gasteiger partial charge >= 0.3 is 0 Å². The van der Waals surface area contributed by atoms with Gasteiger partial charge in [-0.25, -0.2) is 8.78 Å². The van der Waals surface area contributed by atoms with Crippen LogP contribution in [0.5, 0.6) is 0 Å². The molecule has 1 unspecified atom stereocenters. The quantitative estimate of drug-likeness (QED) is 0.860. The standard InChI is InChI=1S/C15H21F2N3O.2ClH/c1-15(2,18)14(21)20-7-3-4-11(9-20)19-10-5-6-12(16)13(17)8-10;;/h5-6,8,11,19H,3-4,7,9,18H2,1-2H3;2*1H. The summed E-state index contributed by atoms with van der Waals surface area (Å²) in [6, 6.07) is 3.72. The van der Waals surface area contributed by atoms with E-state index in [4.69, 9.17) is 5.73 Å². The molecule has 1 amide bonds. The van der Waals surface area contributed by atoms with Crippen molar-refractivity contribution in [3.63, 3.8) is 0 Å². The molecular weight excluding hydrogens is 347 g/mol. The molecule has 0 aromatic heterocycles. The highest BCUT2D eigenvalue weighted by Gasteiger charge is 2.31. The van der Waals surface area contributed by atoms with Gasteiger partial charge in [-0.05, 0) is 38.8 Å². The summed E-state index contributed by atoms with van der Waals surface area (Å²) in [6.07, 6.45) is 1.72. The number of piperidine rings is 1. The Morgan fingerprint density at radius 2 is 1.96 bits per heavy atom. The smallest absolute Gasteiger partial charge is 0.242 e. The van der Waals surface area contributed by atoms with Crippen LogP contribution in [-0.2, 0) is 4.79 Å². The summed E-state index contributed by atoms with van der Waals surface area (Å²) in [7, 11) is 0. The van der Waals surface area contributed by atoms with Crippen molar-refractivity contribution >= 4 is 36.4 Å². The molecule has 0 radical (unpaired) electrons. The molecule has 3 N–H and O–H groups in total. The molecule has 1 aliphatic rings. The number of hydrogen-bond donors (Lipinski definition) is 2. The van der Waals surface area contributed by atoms with E-state index in [9.17, 15) is 13.6 Å². The second kappa shape index (κ2) is 8.66. The van der Waals surface area contributed by atoms with Crippen LogP contribution in [0.4, 0.5) is 14.5 Å². The van der Waals surface area contributed by atoms with Gasteiger partial charge in [0.2, 0.25) is 5.91 Å². The highest BCUT2D eigenvalue weighted by Crippen LogP contribution is 2.19. The number of anilines is 1. The first-order chi connectivity index (χ1) is 9.77. The zero-order valence-corrected chi connectivity index (χ0v) is 14.8. The molecule has 8 heteroatoms. The monoisotopic (exact) mass is 369 g/mol. The van der Waals surface area contributed by atoms with E-state index in [0.29, 0.717) is 18.8 Å². The number of benzene rings is 1. The Hall–Kier alpha value is -1.11. The number of rotatable bonds is 3. The largest absolute Gasteiger partial charge is 0.380 e. The van der Waals surface area contributed by atoms with Crippen LogP contribution in [0.2, 0.25) is 0 Å². The van der Waals surface area contributed by atoms with Gasteiger partial charge in [0.15, 0.2) is 11.6 Å². The number of nitrogens with zero attached hydrogens (tertiary/aromatic N) is 1. The average Bonchev–Trinajstić information content (AvgIpc) is 2.41. The molecular formula is C15H23Cl2F2N3O. The fourth-order valence-corrected chi connectivity index (χ4v) is 2.51. The van der Waals surface area contributed by atoms with Crippen molar-refractivity contribution in [2.24, 2.45) is 5.73 Å². The lowest BCUT2D eigenvalue weighted by Crippen LogP contribution is -2.55. The molecule has 1 heterocycles. The number of nitrogens with one attached hydrogen (secondary N) is 1. The molecule has 0 aliphatic carbocycles. The van der Waals surface area contributed by atoms with E-state index in [2.05, 4.69) is 5.32 Å².